The summed E-state index contributed by atoms with van der Waals surface area (Å²) in [7, 11) is -3.92. The molecule has 7 heteroatoms. The van der Waals surface area contributed by atoms with Crippen LogP contribution < -0.4 is 0 Å². The molecule has 0 unspecified atom stereocenters. The Kier molecular flexibility index (Phi) is 7.56. The van der Waals surface area contributed by atoms with Crippen LogP contribution in [-0.2, 0) is 22.7 Å². The molecule has 0 aliphatic carbocycles. The Morgan fingerprint density at radius 2 is 1.34 bits per heavy atom. The smallest absolute Gasteiger partial charge is 0.335 e. The number of benzene rings is 2. The van der Waals surface area contributed by atoms with E-state index in [2.05, 4.69) is 0 Å². The van der Waals surface area contributed by atoms with Crippen LogP contribution in [0.4, 0.5) is 0 Å². The van der Waals surface area contributed by atoms with Crippen LogP contribution >= 0.6 is 0 Å². The molecule has 2 aromatic carbocycles. The van der Waals surface area contributed by atoms with Gasteiger partial charge >= 0.3 is 11.9 Å². The maximum Gasteiger partial charge on any atom is 0.335 e. The Morgan fingerprint density at radius 1 is 0.793 bits per heavy atom. The van der Waals surface area contributed by atoms with E-state index in [1.54, 1.807) is 0 Å². The lowest BCUT2D eigenvalue weighted by Gasteiger charge is -2.18. The third-order valence-electron chi connectivity index (χ3n) is 4.88. The van der Waals surface area contributed by atoms with Gasteiger partial charge in [-0.2, -0.15) is 0 Å². The van der Waals surface area contributed by atoms with Crippen molar-refractivity contribution in [3.8, 4) is 0 Å². The number of aromatic carboxylic acids is 2. The maximum absolute atomic E-state index is 13.3. The van der Waals surface area contributed by atoms with Crippen molar-refractivity contribution in [2.75, 3.05) is 0 Å². The van der Waals surface area contributed by atoms with E-state index in [0.29, 0.717) is 24.0 Å². The van der Waals surface area contributed by atoms with E-state index in [1.807, 2.05) is 13.8 Å². The highest BCUT2D eigenvalue weighted by molar-refractivity contribution is 7.91. The minimum absolute atomic E-state index is 0.0000152. The van der Waals surface area contributed by atoms with Crippen LogP contribution in [-0.4, -0.2) is 30.6 Å². The van der Waals surface area contributed by atoms with E-state index >= 15 is 0 Å². The molecule has 0 atom stereocenters. The molecule has 0 saturated heterocycles. The van der Waals surface area contributed by atoms with E-state index < -0.39 is 21.8 Å². The average Bonchev–Trinajstić information content (AvgIpc) is 2.70. The molecular weight excluding hydrogens is 392 g/mol. The summed E-state index contributed by atoms with van der Waals surface area (Å²) in [4.78, 5) is 22.9. The van der Waals surface area contributed by atoms with Gasteiger partial charge in [0.2, 0.25) is 9.84 Å². The number of unbranched alkanes of at least 4 members (excludes halogenated alkanes) is 2. The molecule has 0 aliphatic rings. The molecule has 2 rings (SSSR count). The van der Waals surface area contributed by atoms with Crippen LogP contribution in [0.1, 0.15) is 71.4 Å². The van der Waals surface area contributed by atoms with Crippen LogP contribution in [0.15, 0.2) is 46.2 Å². The van der Waals surface area contributed by atoms with Crippen molar-refractivity contribution < 1.29 is 28.2 Å². The van der Waals surface area contributed by atoms with Gasteiger partial charge in [-0.15, -0.1) is 0 Å². The van der Waals surface area contributed by atoms with Crippen LogP contribution in [0.3, 0.4) is 0 Å². The van der Waals surface area contributed by atoms with Crippen molar-refractivity contribution in [1.29, 1.82) is 0 Å². The molecule has 2 N–H and O–H groups in total. The number of rotatable bonds is 10. The fraction of sp³-hybridized carbons (Fsp3) is 0.364. The van der Waals surface area contributed by atoms with Crippen molar-refractivity contribution in [3.05, 3.63) is 58.7 Å². The van der Waals surface area contributed by atoms with E-state index in [4.69, 9.17) is 5.11 Å². The van der Waals surface area contributed by atoms with E-state index in [9.17, 15) is 23.1 Å². The minimum Gasteiger partial charge on any atom is -0.478 e. The maximum atomic E-state index is 13.3. The molecule has 0 heterocycles. The fourth-order valence-corrected chi connectivity index (χ4v) is 4.84. The van der Waals surface area contributed by atoms with Crippen molar-refractivity contribution >= 4 is 21.8 Å². The second-order valence-electron chi connectivity index (χ2n) is 6.91. The SMILES string of the molecule is CCCCc1c(C(=O)O)ccc(S(=O)(=O)c2ccc(C(=O)O)cc2)c1CCCC. The van der Waals surface area contributed by atoms with Gasteiger partial charge < -0.3 is 10.2 Å². The monoisotopic (exact) mass is 418 g/mol. The van der Waals surface area contributed by atoms with Crippen LogP contribution in [0, 0.1) is 0 Å². The van der Waals surface area contributed by atoms with Crippen LogP contribution in [0.25, 0.3) is 0 Å². The lowest BCUT2D eigenvalue weighted by Crippen LogP contribution is -2.13. The zero-order chi connectivity index (χ0) is 21.6. The second kappa shape index (κ2) is 9.69. The molecule has 156 valence electrons. The molecule has 0 saturated carbocycles. The van der Waals surface area contributed by atoms with Crippen molar-refractivity contribution in [1.82, 2.24) is 0 Å². The summed E-state index contributed by atoms with van der Waals surface area (Å²) in [5.41, 5.74) is 1.28. The van der Waals surface area contributed by atoms with Gasteiger partial charge in [-0.05, 0) is 73.2 Å². The zero-order valence-electron chi connectivity index (χ0n) is 16.6. The largest absolute Gasteiger partial charge is 0.478 e. The first-order valence-electron chi connectivity index (χ1n) is 9.70. The molecular formula is C22H26O6S. The zero-order valence-corrected chi connectivity index (χ0v) is 17.5. The normalized spacial score (nSPS) is 11.4. The highest BCUT2D eigenvalue weighted by Crippen LogP contribution is 2.31. The number of carbonyl (C=O) groups is 2. The third kappa shape index (κ3) is 5.03. The highest BCUT2D eigenvalue weighted by atomic mass is 32.2. The number of hydrogen-bond acceptors (Lipinski definition) is 4. The molecule has 0 aromatic heterocycles. The molecule has 0 radical (unpaired) electrons. The van der Waals surface area contributed by atoms with Crippen molar-refractivity contribution in [3.63, 3.8) is 0 Å². The van der Waals surface area contributed by atoms with Gasteiger partial charge in [0.15, 0.2) is 0 Å². The summed E-state index contributed by atoms with van der Waals surface area (Å²) >= 11 is 0. The van der Waals surface area contributed by atoms with Gasteiger partial charge in [-0.1, -0.05) is 26.7 Å². The molecule has 0 amide bonds. The standard InChI is InChI=1S/C22H26O6S/c1-3-5-7-17-18(8-6-4-2)20(14-13-19(17)22(25)26)29(27,28)16-11-9-15(10-12-16)21(23)24/h9-14H,3-8H2,1-2H3,(H,23,24)(H,25,26). The van der Waals surface area contributed by atoms with Gasteiger partial charge in [-0.25, -0.2) is 18.0 Å². The van der Waals surface area contributed by atoms with E-state index in [0.717, 1.165) is 25.7 Å². The summed E-state index contributed by atoms with van der Waals surface area (Å²) in [6.45, 7) is 3.99. The Hall–Kier alpha value is -2.67. The highest BCUT2D eigenvalue weighted by Gasteiger charge is 2.26. The first-order valence-corrected chi connectivity index (χ1v) is 11.2. The molecule has 0 aliphatic heterocycles. The van der Waals surface area contributed by atoms with E-state index in [1.165, 1.54) is 36.4 Å². The van der Waals surface area contributed by atoms with Gasteiger partial charge in [-0.3, -0.25) is 0 Å². The lowest BCUT2D eigenvalue weighted by molar-refractivity contribution is 0.0685. The second-order valence-corrected chi connectivity index (χ2v) is 8.83. The third-order valence-corrected chi connectivity index (χ3v) is 6.73. The molecule has 2 aromatic rings. The summed E-state index contributed by atoms with van der Waals surface area (Å²) in [5.74, 6) is -2.20. The Morgan fingerprint density at radius 3 is 1.83 bits per heavy atom. The minimum atomic E-state index is -3.92. The molecule has 0 bridgehead atoms. The molecule has 6 nitrogen and oxygen atoms in total. The topological polar surface area (TPSA) is 109 Å². The number of carboxylic acid groups (broad SMARTS) is 2. The molecule has 0 fully saturated rings. The van der Waals surface area contributed by atoms with Gasteiger partial charge in [0, 0.05) is 0 Å². The predicted molar refractivity (Wildman–Crippen MR) is 109 cm³/mol. The van der Waals surface area contributed by atoms with Gasteiger partial charge in [0.05, 0.1) is 20.9 Å². The predicted octanol–water partition coefficient (Wildman–Crippen LogP) is 4.60. The first kappa shape index (κ1) is 22.6. The fourth-order valence-electron chi connectivity index (χ4n) is 3.29. The molecule has 0 spiro atoms. The summed E-state index contributed by atoms with van der Waals surface area (Å²) < 4.78 is 26.6. The van der Waals surface area contributed by atoms with Gasteiger partial charge in [0.1, 0.15) is 0 Å². The Balaban J connectivity index is 2.68. The number of hydrogen-bond donors (Lipinski definition) is 2. The van der Waals surface area contributed by atoms with Crippen molar-refractivity contribution in [2.24, 2.45) is 0 Å². The van der Waals surface area contributed by atoms with Gasteiger partial charge in [0.25, 0.3) is 0 Å². The summed E-state index contributed by atoms with van der Waals surface area (Å²) in [6, 6.07) is 7.79. The Labute approximate surface area is 171 Å². The van der Waals surface area contributed by atoms with Crippen molar-refractivity contribution in [2.45, 2.75) is 62.2 Å². The average molecular weight is 419 g/mol. The first-order chi connectivity index (χ1) is 13.7. The lowest BCUT2D eigenvalue weighted by atomic mass is 9.93. The molecule has 29 heavy (non-hydrogen) atoms. The Bertz CT molecular complexity index is 991. The number of sulfone groups is 1. The van der Waals surface area contributed by atoms with E-state index in [-0.39, 0.29) is 20.9 Å². The summed E-state index contributed by atoms with van der Waals surface area (Å²) in [6.07, 6.45) is 4.17. The van der Waals surface area contributed by atoms with Crippen LogP contribution in [0.2, 0.25) is 0 Å². The summed E-state index contributed by atoms with van der Waals surface area (Å²) in [5, 5.41) is 18.6. The van der Waals surface area contributed by atoms with Crippen LogP contribution in [0.5, 0.6) is 0 Å². The quantitative estimate of drug-likeness (QED) is 0.584. The number of carboxylic acids is 2.